The first-order valence-electron chi connectivity index (χ1n) is 6.19. The summed E-state index contributed by atoms with van der Waals surface area (Å²) >= 11 is 2.18. The number of esters is 1. The monoisotopic (exact) mass is 338 g/mol. The fourth-order valence-corrected chi connectivity index (χ4v) is 2.50. The van der Waals surface area contributed by atoms with Crippen molar-refractivity contribution in [3.05, 3.63) is 0 Å². The van der Waals surface area contributed by atoms with Crippen molar-refractivity contribution >= 4 is 28.6 Å². The minimum absolute atomic E-state index is 0.00238. The van der Waals surface area contributed by atoms with Gasteiger partial charge in [0.25, 0.3) is 0 Å². The van der Waals surface area contributed by atoms with E-state index in [0.717, 1.165) is 19.3 Å². The van der Waals surface area contributed by atoms with Gasteiger partial charge < -0.3 is 4.74 Å². The first-order chi connectivity index (χ1) is 7.32. The lowest BCUT2D eigenvalue weighted by atomic mass is 9.75. The number of ether oxygens (including phenoxy) is 1. The Bertz CT molecular complexity index is 249. The molecular weight excluding hydrogens is 315 g/mol. The van der Waals surface area contributed by atoms with Crippen molar-refractivity contribution in [2.24, 2.45) is 5.41 Å². The Labute approximate surface area is 113 Å². The van der Waals surface area contributed by atoms with Crippen molar-refractivity contribution in [1.82, 2.24) is 0 Å². The molecule has 16 heavy (non-hydrogen) atoms. The van der Waals surface area contributed by atoms with Crippen molar-refractivity contribution in [2.75, 3.05) is 0 Å². The quantitative estimate of drug-likeness (QED) is 0.440. The van der Waals surface area contributed by atoms with E-state index < -0.39 is 0 Å². The zero-order valence-electron chi connectivity index (χ0n) is 10.8. The second-order valence-electron chi connectivity index (χ2n) is 5.75. The highest BCUT2D eigenvalue weighted by Crippen LogP contribution is 2.46. The molecule has 3 heteroatoms. The second-order valence-corrected chi connectivity index (χ2v) is 7.25. The SMILES string of the molecule is CCC(I)C(=O)OC1(C(C)(C)C)CCCC1. The number of alkyl halides is 1. The van der Waals surface area contributed by atoms with Gasteiger partial charge in [-0.15, -0.1) is 0 Å². The summed E-state index contributed by atoms with van der Waals surface area (Å²) in [5, 5.41) is 0. The van der Waals surface area contributed by atoms with Crippen molar-refractivity contribution in [2.45, 2.75) is 69.3 Å². The normalized spacial score (nSPS) is 21.8. The molecule has 0 N–H and O–H groups in total. The van der Waals surface area contributed by atoms with Crippen LogP contribution in [-0.4, -0.2) is 15.5 Å². The minimum Gasteiger partial charge on any atom is -0.458 e. The van der Waals surface area contributed by atoms with Crippen LogP contribution in [0.15, 0.2) is 0 Å². The van der Waals surface area contributed by atoms with Gasteiger partial charge in [-0.05, 0) is 32.1 Å². The first-order valence-corrected chi connectivity index (χ1v) is 7.44. The molecule has 1 aliphatic carbocycles. The van der Waals surface area contributed by atoms with Gasteiger partial charge in [0.15, 0.2) is 0 Å². The molecule has 94 valence electrons. The van der Waals surface area contributed by atoms with Gasteiger partial charge in [0, 0.05) is 5.41 Å². The second kappa shape index (κ2) is 5.23. The molecule has 0 aromatic carbocycles. The highest BCUT2D eigenvalue weighted by molar-refractivity contribution is 14.1. The molecule has 0 spiro atoms. The summed E-state index contributed by atoms with van der Waals surface area (Å²) in [4.78, 5) is 12.0. The molecule has 0 aromatic heterocycles. The third kappa shape index (κ3) is 2.90. The average Bonchev–Trinajstić information content (AvgIpc) is 2.65. The zero-order valence-corrected chi connectivity index (χ0v) is 13.0. The summed E-state index contributed by atoms with van der Waals surface area (Å²) in [6.45, 7) is 8.57. The number of hydrogen-bond acceptors (Lipinski definition) is 2. The Hall–Kier alpha value is 0.200. The smallest absolute Gasteiger partial charge is 0.319 e. The molecule has 0 aromatic rings. The van der Waals surface area contributed by atoms with Gasteiger partial charge in [0.1, 0.15) is 9.53 Å². The largest absolute Gasteiger partial charge is 0.458 e. The van der Waals surface area contributed by atoms with E-state index in [1.807, 2.05) is 6.92 Å². The van der Waals surface area contributed by atoms with Crippen molar-refractivity contribution < 1.29 is 9.53 Å². The van der Waals surface area contributed by atoms with Gasteiger partial charge in [0.2, 0.25) is 0 Å². The zero-order chi connectivity index (χ0) is 12.4. The van der Waals surface area contributed by atoms with Crippen LogP contribution >= 0.6 is 22.6 Å². The molecule has 1 atom stereocenters. The molecule has 2 nitrogen and oxygen atoms in total. The van der Waals surface area contributed by atoms with E-state index in [1.165, 1.54) is 12.8 Å². The standard InChI is InChI=1S/C13H23IO2/c1-5-10(14)11(15)16-13(12(2,3)4)8-6-7-9-13/h10H,5-9H2,1-4H3. The van der Waals surface area contributed by atoms with Crippen LogP contribution in [0.2, 0.25) is 0 Å². The van der Waals surface area contributed by atoms with E-state index in [2.05, 4.69) is 43.4 Å². The maximum atomic E-state index is 12.0. The molecule has 0 saturated heterocycles. The summed E-state index contributed by atoms with van der Waals surface area (Å²) in [6, 6.07) is 0. The maximum Gasteiger partial charge on any atom is 0.319 e. The predicted octanol–water partition coefficient (Wildman–Crippen LogP) is 4.10. The third-order valence-electron chi connectivity index (χ3n) is 3.69. The Balaban J connectivity index is 2.77. The van der Waals surface area contributed by atoms with Crippen molar-refractivity contribution in [3.63, 3.8) is 0 Å². The molecule has 0 heterocycles. The van der Waals surface area contributed by atoms with Crippen LogP contribution in [0.5, 0.6) is 0 Å². The maximum absolute atomic E-state index is 12.0. The van der Waals surface area contributed by atoms with Gasteiger partial charge in [-0.1, -0.05) is 50.3 Å². The lowest BCUT2D eigenvalue weighted by Crippen LogP contribution is -2.45. The van der Waals surface area contributed by atoms with Crippen LogP contribution in [0, 0.1) is 5.41 Å². The van der Waals surface area contributed by atoms with E-state index in [-0.39, 0.29) is 20.9 Å². The third-order valence-corrected chi connectivity index (χ3v) is 5.08. The minimum atomic E-state index is -0.220. The number of carbonyl (C=O) groups is 1. The Morgan fingerprint density at radius 3 is 2.25 bits per heavy atom. The van der Waals surface area contributed by atoms with E-state index >= 15 is 0 Å². The Morgan fingerprint density at radius 2 is 1.88 bits per heavy atom. The van der Waals surface area contributed by atoms with E-state index in [1.54, 1.807) is 0 Å². The molecule has 0 bridgehead atoms. The van der Waals surface area contributed by atoms with Crippen LogP contribution in [0.4, 0.5) is 0 Å². The van der Waals surface area contributed by atoms with Crippen LogP contribution in [0.25, 0.3) is 0 Å². The number of rotatable bonds is 3. The highest BCUT2D eigenvalue weighted by atomic mass is 127. The summed E-state index contributed by atoms with van der Waals surface area (Å²) in [6.07, 6.45) is 5.26. The van der Waals surface area contributed by atoms with Gasteiger partial charge in [0.05, 0.1) is 0 Å². The molecule has 0 aliphatic heterocycles. The summed E-state index contributed by atoms with van der Waals surface area (Å²) in [7, 11) is 0. The first kappa shape index (κ1) is 14.3. The van der Waals surface area contributed by atoms with Crippen molar-refractivity contribution in [3.8, 4) is 0 Å². The molecule has 1 saturated carbocycles. The molecular formula is C13H23IO2. The fourth-order valence-electron chi connectivity index (χ4n) is 2.37. The van der Waals surface area contributed by atoms with Crippen LogP contribution < -0.4 is 0 Å². The highest BCUT2D eigenvalue weighted by Gasteiger charge is 2.47. The summed E-state index contributed by atoms with van der Waals surface area (Å²) < 4.78 is 5.87. The predicted molar refractivity (Wildman–Crippen MR) is 74.8 cm³/mol. The average molecular weight is 338 g/mol. The number of carbonyl (C=O) groups excluding carboxylic acids is 1. The fraction of sp³-hybridized carbons (Fsp3) is 0.923. The Kier molecular flexibility index (Phi) is 4.66. The van der Waals surface area contributed by atoms with E-state index in [9.17, 15) is 4.79 Å². The van der Waals surface area contributed by atoms with Gasteiger partial charge in [-0.2, -0.15) is 0 Å². The topological polar surface area (TPSA) is 26.3 Å². The van der Waals surface area contributed by atoms with Gasteiger partial charge in [-0.25, -0.2) is 0 Å². The lowest BCUT2D eigenvalue weighted by molar-refractivity contribution is -0.171. The van der Waals surface area contributed by atoms with Gasteiger partial charge >= 0.3 is 5.97 Å². The molecule has 1 rings (SSSR count). The van der Waals surface area contributed by atoms with Crippen LogP contribution in [-0.2, 0) is 9.53 Å². The van der Waals surface area contributed by atoms with Crippen molar-refractivity contribution in [1.29, 1.82) is 0 Å². The number of halogens is 1. The van der Waals surface area contributed by atoms with E-state index in [0.29, 0.717) is 0 Å². The van der Waals surface area contributed by atoms with Gasteiger partial charge in [-0.3, -0.25) is 4.79 Å². The molecule has 1 unspecified atom stereocenters. The number of hydrogen-bond donors (Lipinski definition) is 0. The molecule has 0 amide bonds. The van der Waals surface area contributed by atoms with E-state index in [4.69, 9.17) is 4.74 Å². The summed E-state index contributed by atoms with van der Waals surface area (Å²) in [5.41, 5.74) is -0.175. The van der Waals surface area contributed by atoms with Crippen LogP contribution in [0.1, 0.15) is 59.8 Å². The summed E-state index contributed by atoms with van der Waals surface area (Å²) in [5.74, 6) is -0.0278. The Morgan fingerprint density at radius 1 is 1.38 bits per heavy atom. The van der Waals surface area contributed by atoms with Crippen LogP contribution in [0.3, 0.4) is 0 Å². The molecule has 1 aliphatic rings. The molecule has 0 radical (unpaired) electrons. The molecule has 1 fully saturated rings. The lowest BCUT2D eigenvalue weighted by Gasteiger charge is -2.41.